The molecule has 27 heavy (non-hydrogen) atoms. The summed E-state index contributed by atoms with van der Waals surface area (Å²) in [4.78, 5) is 25.9. The van der Waals surface area contributed by atoms with Gasteiger partial charge in [-0.15, -0.1) is 0 Å². The molecule has 1 aliphatic heterocycles. The number of rotatable bonds is 5. The smallest absolute Gasteiger partial charge is 0.326 e. The third-order valence-corrected chi connectivity index (χ3v) is 5.18. The molecule has 3 atom stereocenters. The third-order valence-electron chi connectivity index (χ3n) is 4.68. The highest BCUT2D eigenvalue weighted by molar-refractivity contribution is 6.30. The van der Waals surface area contributed by atoms with Gasteiger partial charge in [-0.1, -0.05) is 54.4 Å². The second kappa shape index (κ2) is 8.30. The Bertz CT molecular complexity index is 823. The van der Waals surface area contributed by atoms with Gasteiger partial charge in [0.05, 0.1) is 6.04 Å². The van der Waals surface area contributed by atoms with Crippen molar-refractivity contribution in [2.75, 3.05) is 6.61 Å². The van der Waals surface area contributed by atoms with Gasteiger partial charge in [0.25, 0.3) is 0 Å². The van der Waals surface area contributed by atoms with Crippen molar-refractivity contribution < 1.29 is 19.4 Å². The van der Waals surface area contributed by atoms with Crippen molar-refractivity contribution in [3.8, 4) is 0 Å². The lowest BCUT2D eigenvalue weighted by Crippen LogP contribution is -2.53. The Morgan fingerprint density at radius 2 is 1.63 bits per heavy atom. The fourth-order valence-corrected chi connectivity index (χ4v) is 3.66. The Hall–Kier alpha value is -2.08. The molecule has 1 N–H and O–H groups in total. The number of halogens is 2. The molecule has 1 amide bonds. The summed E-state index contributed by atoms with van der Waals surface area (Å²) < 4.78 is 5.86. The summed E-state index contributed by atoms with van der Waals surface area (Å²) in [6.45, 7) is 1.57. The molecule has 0 saturated carbocycles. The topological polar surface area (TPSA) is 66.8 Å². The standard InChI is InChI=1S/C20H19Cl2NO4/c1-2-16(20(25)26)23-17(24)11-27-19(13-5-9-15(22)10-6-13)18(23)12-3-7-14(21)8-4-12/h3-10,16,18-19H,2,11H2,1H3,(H,25,26)/t16-,18-,19+/m1/s1. The number of morpholine rings is 1. The Balaban J connectivity index is 2.11. The number of carbonyl (C=O) groups is 2. The zero-order valence-corrected chi connectivity index (χ0v) is 16.2. The average Bonchev–Trinajstić information content (AvgIpc) is 2.65. The van der Waals surface area contributed by atoms with Crippen LogP contribution in [0.5, 0.6) is 0 Å². The van der Waals surface area contributed by atoms with Gasteiger partial charge in [0, 0.05) is 10.0 Å². The number of carbonyl (C=O) groups excluding carboxylic acids is 1. The van der Waals surface area contributed by atoms with E-state index in [9.17, 15) is 14.7 Å². The van der Waals surface area contributed by atoms with Crippen LogP contribution in [0.4, 0.5) is 0 Å². The normalized spacial score (nSPS) is 21.1. The molecule has 0 spiro atoms. The number of benzene rings is 2. The van der Waals surface area contributed by atoms with Gasteiger partial charge in [-0.25, -0.2) is 4.79 Å². The lowest BCUT2D eigenvalue weighted by molar-refractivity contribution is -0.171. The third kappa shape index (κ3) is 4.10. The molecular formula is C20H19Cl2NO4. The van der Waals surface area contributed by atoms with E-state index in [-0.39, 0.29) is 12.5 Å². The minimum atomic E-state index is -1.04. The van der Waals surface area contributed by atoms with Gasteiger partial charge < -0.3 is 14.7 Å². The van der Waals surface area contributed by atoms with Crippen LogP contribution in [0.2, 0.25) is 10.0 Å². The molecule has 0 aliphatic carbocycles. The molecule has 1 heterocycles. The van der Waals surface area contributed by atoms with Crippen molar-refractivity contribution >= 4 is 35.1 Å². The molecule has 0 unspecified atom stereocenters. The maximum absolute atomic E-state index is 12.7. The molecule has 1 aliphatic rings. The first kappa shape index (κ1) is 19.7. The van der Waals surface area contributed by atoms with Crippen LogP contribution >= 0.6 is 23.2 Å². The highest BCUT2D eigenvalue weighted by atomic mass is 35.5. The van der Waals surface area contributed by atoms with Crippen LogP contribution in [0.25, 0.3) is 0 Å². The Labute approximate surface area is 167 Å². The minimum absolute atomic E-state index is 0.179. The number of aliphatic carboxylic acids is 1. The molecule has 0 bridgehead atoms. The summed E-state index contributed by atoms with van der Waals surface area (Å²) in [6, 6.07) is 12.6. The Kier molecular flexibility index (Phi) is 6.05. The molecule has 3 rings (SSSR count). The predicted molar refractivity (Wildman–Crippen MR) is 103 cm³/mol. The molecule has 2 aromatic rings. The summed E-state index contributed by atoms with van der Waals surface area (Å²) >= 11 is 12.0. The Morgan fingerprint density at radius 1 is 1.11 bits per heavy atom. The fraction of sp³-hybridized carbons (Fsp3) is 0.300. The van der Waals surface area contributed by atoms with E-state index in [1.165, 1.54) is 4.90 Å². The molecule has 0 radical (unpaired) electrons. The van der Waals surface area contributed by atoms with E-state index in [1.807, 2.05) is 12.1 Å². The largest absolute Gasteiger partial charge is 0.480 e. The van der Waals surface area contributed by atoms with E-state index in [2.05, 4.69) is 0 Å². The number of nitrogens with zero attached hydrogens (tertiary/aromatic N) is 1. The van der Waals surface area contributed by atoms with Gasteiger partial charge in [-0.3, -0.25) is 4.79 Å². The monoisotopic (exact) mass is 407 g/mol. The number of amides is 1. The van der Waals surface area contributed by atoms with E-state index in [4.69, 9.17) is 27.9 Å². The van der Waals surface area contributed by atoms with Gasteiger partial charge in [0.2, 0.25) is 5.91 Å². The summed E-state index contributed by atoms with van der Waals surface area (Å²) in [5.74, 6) is -1.39. The van der Waals surface area contributed by atoms with Crippen LogP contribution in [-0.4, -0.2) is 34.5 Å². The van der Waals surface area contributed by atoms with E-state index >= 15 is 0 Å². The first-order valence-electron chi connectivity index (χ1n) is 8.59. The van der Waals surface area contributed by atoms with Gasteiger partial charge >= 0.3 is 5.97 Å². The second-order valence-corrected chi connectivity index (χ2v) is 7.22. The lowest BCUT2D eigenvalue weighted by Gasteiger charge is -2.44. The number of ether oxygens (including phenoxy) is 1. The average molecular weight is 408 g/mol. The van der Waals surface area contributed by atoms with Crippen molar-refractivity contribution in [1.29, 1.82) is 0 Å². The summed E-state index contributed by atoms with van der Waals surface area (Å²) in [6.07, 6.45) is -0.229. The van der Waals surface area contributed by atoms with Crippen LogP contribution in [0, 0.1) is 0 Å². The molecule has 1 saturated heterocycles. The number of hydrogen-bond acceptors (Lipinski definition) is 3. The number of carboxylic acids is 1. The summed E-state index contributed by atoms with van der Waals surface area (Å²) in [7, 11) is 0. The van der Waals surface area contributed by atoms with E-state index in [0.717, 1.165) is 11.1 Å². The first-order valence-corrected chi connectivity index (χ1v) is 9.34. The lowest BCUT2D eigenvalue weighted by atomic mass is 9.91. The number of hydrogen-bond donors (Lipinski definition) is 1. The highest BCUT2D eigenvalue weighted by Crippen LogP contribution is 2.42. The molecule has 5 nitrogen and oxygen atoms in total. The van der Waals surface area contributed by atoms with Crippen LogP contribution in [-0.2, 0) is 14.3 Å². The van der Waals surface area contributed by atoms with E-state index < -0.39 is 24.2 Å². The maximum Gasteiger partial charge on any atom is 0.326 e. The number of carboxylic acid groups (broad SMARTS) is 1. The quantitative estimate of drug-likeness (QED) is 0.791. The second-order valence-electron chi connectivity index (χ2n) is 6.34. The van der Waals surface area contributed by atoms with Gasteiger partial charge in [-0.05, 0) is 41.8 Å². The van der Waals surface area contributed by atoms with Crippen molar-refractivity contribution in [2.45, 2.75) is 31.5 Å². The summed E-state index contributed by atoms with van der Waals surface area (Å²) in [5.41, 5.74) is 1.57. The van der Waals surface area contributed by atoms with E-state index in [0.29, 0.717) is 16.5 Å². The van der Waals surface area contributed by atoms with Crippen LogP contribution < -0.4 is 0 Å². The first-order chi connectivity index (χ1) is 12.9. The molecule has 0 aromatic heterocycles. The van der Waals surface area contributed by atoms with Gasteiger partial charge in [0.15, 0.2) is 0 Å². The van der Waals surface area contributed by atoms with Crippen molar-refractivity contribution in [1.82, 2.24) is 4.90 Å². The van der Waals surface area contributed by atoms with Crippen LogP contribution in [0.15, 0.2) is 48.5 Å². The van der Waals surface area contributed by atoms with Crippen molar-refractivity contribution in [2.24, 2.45) is 0 Å². The molecule has 142 valence electrons. The zero-order valence-electron chi connectivity index (χ0n) is 14.6. The van der Waals surface area contributed by atoms with Gasteiger partial charge in [0.1, 0.15) is 18.8 Å². The highest BCUT2D eigenvalue weighted by Gasteiger charge is 2.43. The van der Waals surface area contributed by atoms with Crippen LogP contribution in [0.3, 0.4) is 0 Å². The SMILES string of the molecule is CC[C@H](C(=O)O)N1C(=O)CO[C@@H](c2ccc(Cl)cc2)[C@H]1c1ccc(Cl)cc1. The minimum Gasteiger partial charge on any atom is -0.480 e. The van der Waals surface area contributed by atoms with Gasteiger partial charge in [-0.2, -0.15) is 0 Å². The van der Waals surface area contributed by atoms with Crippen molar-refractivity contribution in [3.05, 3.63) is 69.7 Å². The summed E-state index contributed by atoms with van der Waals surface area (Å²) in [5, 5.41) is 10.8. The Morgan fingerprint density at radius 3 is 2.11 bits per heavy atom. The van der Waals surface area contributed by atoms with E-state index in [1.54, 1.807) is 43.3 Å². The zero-order chi connectivity index (χ0) is 19.6. The maximum atomic E-state index is 12.7. The molecule has 1 fully saturated rings. The molecule has 7 heteroatoms. The molecular weight excluding hydrogens is 389 g/mol. The fourth-order valence-electron chi connectivity index (χ4n) is 3.41. The molecule has 2 aromatic carbocycles. The van der Waals surface area contributed by atoms with Crippen LogP contribution in [0.1, 0.15) is 36.6 Å². The van der Waals surface area contributed by atoms with Crippen molar-refractivity contribution in [3.63, 3.8) is 0 Å². The predicted octanol–water partition coefficient (Wildman–Crippen LogP) is 4.50.